The minimum atomic E-state index is -3.75. The fourth-order valence-electron chi connectivity index (χ4n) is 4.51. The molecule has 1 fully saturated rings. The maximum atomic E-state index is 13.2. The summed E-state index contributed by atoms with van der Waals surface area (Å²) in [4.78, 5) is 41.3. The topological polar surface area (TPSA) is 126 Å². The Labute approximate surface area is 231 Å². The largest absolute Gasteiger partial charge is 0.345 e. The van der Waals surface area contributed by atoms with Crippen molar-refractivity contribution < 1.29 is 22.8 Å². The van der Waals surface area contributed by atoms with Gasteiger partial charge < -0.3 is 15.4 Å². The second-order valence-corrected chi connectivity index (χ2v) is 12.1. The maximum absolute atomic E-state index is 13.2. The smallest absolute Gasteiger partial charge is 0.260 e. The minimum Gasteiger partial charge on any atom is -0.345 e. The Morgan fingerprint density at radius 1 is 1.24 bits per heavy atom. The molecule has 1 heterocycles. The molecule has 2 atom stereocenters. The number of hydrogen-bond donors (Lipinski definition) is 2. The van der Waals surface area contributed by atoms with Crippen LogP contribution in [0.4, 0.5) is 0 Å². The van der Waals surface area contributed by atoms with Crippen molar-refractivity contribution in [3.05, 3.63) is 48.5 Å². The van der Waals surface area contributed by atoms with E-state index in [0.717, 1.165) is 25.7 Å². The van der Waals surface area contributed by atoms with Crippen molar-refractivity contribution >= 4 is 39.9 Å². The van der Waals surface area contributed by atoms with Gasteiger partial charge in [-0.15, -0.1) is 11.8 Å². The van der Waals surface area contributed by atoms with Gasteiger partial charge in [0, 0.05) is 25.0 Å². The van der Waals surface area contributed by atoms with Gasteiger partial charge in [0.15, 0.2) is 5.03 Å². The molecule has 2 rings (SSSR count). The fourth-order valence-corrected chi connectivity index (χ4v) is 6.27. The first-order chi connectivity index (χ1) is 18.3. The van der Waals surface area contributed by atoms with E-state index in [2.05, 4.69) is 22.2 Å². The Balaban J connectivity index is 1.97. The molecule has 0 bridgehead atoms. The van der Waals surface area contributed by atoms with Gasteiger partial charge in [-0.2, -0.15) is 4.31 Å². The molecule has 0 spiro atoms. The molecular weight excluding hydrogens is 524 g/mol. The number of pyridine rings is 1. The zero-order valence-corrected chi connectivity index (χ0v) is 23.7. The Bertz CT molecular complexity index is 1030. The van der Waals surface area contributed by atoms with Crippen LogP contribution < -0.4 is 10.6 Å². The number of sulfonamides is 1. The number of nitrogens with zero attached hydrogens (tertiary/aromatic N) is 2. The number of nitrogens with one attached hydrogen (secondary N) is 2. The third kappa shape index (κ3) is 10.7. The molecule has 11 heteroatoms. The molecule has 2 amide bonds. The molecule has 0 saturated heterocycles. The highest BCUT2D eigenvalue weighted by Crippen LogP contribution is 2.27. The highest BCUT2D eigenvalue weighted by Gasteiger charge is 2.28. The number of thioether (sulfide) groups is 1. The highest BCUT2D eigenvalue weighted by molar-refractivity contribution is 8.02. The normalized spacial score (nSPS) is 16.2. The zero-order chi connectivity index (χ0) is 27.8. The SMILES string of the molecule is C=CSC/C=C\C(=O)N[C@@H](CC1CCCCC1)C(=O)NC(C=O)CCCN(CC)S(=O)(=O)c1ccccn1. The lowest BCUT2D eigenvalue weighted by Gasteiger charge is -2.27. The van der Waals surface area contributed by atoms with Crippen LogP contribution in [0.5, 0.6) is 0 Å². The van der Waals surface area contributed by atoms with Crippen molar-refractivity contribution in [2.75, 3.05) is 18.8 Å². The second kappa shape index (κ2) is 17.2. The predicted molar refractivity (Wildman–Crippen MR) is 151 cm³/mol. The first-order valence-corrected chi connectivity index (χ1v) is 15.7. The van der Waals surface area contributed by atoms with Gasteiger partial charge in [-0.05, 0) is 48.8 Å². The summed E-state index contributed by atoms with van der Waals surface area (Å²) in [6.45, 7) is 5.80. The molecule has 1 aromatic rings. The van der Waals surface area contributed by atoms with Crippen LogP contribution in [-0.4, -0.2) is 66.7 Å². The van der Waals surface area contributed by atoms with Crippen molar-refractivity contribution in [2.45, 2.75) is 75.4 Å². The van der Waals surface area contributed by atoms with E-state index in [0.29, 0.717) is 30.8 Å². The van der Waals surface area contributed by atoms with Crippen molar-refractivity contribution in [1.82, 2.24) is 19.9 Å². The Morgan fingerprint density at radius 3 is 2.63 bits per heavy atom. The van der Waals surface area contributed by atoms with E-state index in [1.165, 1.54) is 40.8 Å². The van der Waals surface area contributed by atoms with Gasteiger partial charge in [-0.1, -0.05) is 57.7 Å². The van der Waals surface area contributed by atoms with Crippen LogP contribution in [-0.2, 0) is 24.4 Å². The van der Waals surface area contributed by atoms with E-state index in [1.54, 1.807) is 30.5 Å². The number of rotatable bonds is 17. The number of carbonyl (C=O) groups is 3. The summed E-state index contributed by atoms with van der Waals surface area (Å²) in [5.74, 6) is 0.189. The molecule has 1 aliphatic carbocycles. The van der Waals surface area contributed by atoms with E-state index in [-0.39, 0.29) is 30.4 Å². The van der Waals surface area contributed by atoms with Crippen LogP contribution in [0.3, 0.4) is 0 Å². The van der Waals surface area contributed by atoms with Gasteiger partial charge in [0.2, 0.25) is 11.8 Å². The first-order valence-electron chi connectivity index (χ1n) is 13.2. The molecule has 210 valence electrons. The van der Waals surface area contributed by atoms with Crippen molar-refractivity contribution in [1.29, 1.82) is 0 Å². The van der Waals surface area contributed by atoms with Gasteiger partial charge in [0.1, 0.15) is 12.3 Å². The van der Waals surface area contributed by atoms with Gasteiger partial charge in [-0.25, -0.2) is 13.4 Å². The average Bonchev–Trinajstić information content (AvgIpc) is 2.93. The number of aldehydes is 1. The van der Waals surface area contributed by atoms with E-state index in [1.807, 2.05) is 0 Å². The summed E-state index contributed by atoms with van der Waals surface area (Å²) >= 11 is 1.46. The third-order valence-corrected chi connectivity index (χ3v) is 9.03. The monoisotopic (exact) mass is 564 g/mol. The lowest BCUT2D eigenvalue weighted by molar-refractivity contribution is -0.129. The van der Waals surface area contributed by atoms with Crippen LogP contribution >= 0.6 is 11.8 Å². The number of aromatic nitrogens is 1. The highest BCUT2D eigenvalue weighted by atomic mass is 32.2. The first kappa shape index (κ1) is 31.7. The van der Waals surface area contributed by atoms with Crippen molar-refractivity contribution in [3.63, 3.8) is 0 Å². The predicted octanol–water partition coefficient (Wildman–Crippen LogP) is 3.44. The van der Waals surface area contributed by atoms with Crippen LogP contribution in [0.25, 0.3) is 0 Å². The van der Waals surface area contributed by atoms with Gasteiger partial charge in [0.05, 0.1) is 6.04 Å². The summed E-state index contributed by atoms with van der Waals surface area (Å²) in [6.07, 6.45) is 11.8. The molecule has 1 unspecified atom stereocenters. The number of hydrogen-bond acceptors (Lipinski definition) is 7. The summed E-state index contributed by atoms with van der Waals surface area (Å²) in [5, 5.41) is 7.23. The maximum Gasteiger partial charge on any atom is 0.260 e. The lowest BCUT2D eigenvalue weighted by Crippen LogP contribution is -2.50. The third-order valence-electron chi connectivity index (χ3n) is 6.52. The summed E-state index contributed by atoms with van der Waals surface area (Å²) in [7, 11) is -3.75. The number of amides is 2. The van der Waals surface area contributed by atoms with E-state index in [9.17, 15) is 22.8 Å². The van der Waals surface area contributed by atoms with Crippen molar-refractivity contribution in [3.8, 4) is 0 Å². The van der Waals surface area contributed by atoms with Gasteiger partial charge in [0.25, 0.3) is 10.0 Å². The Morgan fingerprint density at radius 2 is 2.00 bits per heavy atom. The molecule has 1 aromatic heterocycles. The number of carbonyl (C=O) groups excluding carboxylic acids is 3. The van der Waals surface area contributed by atoms with Crippen molar-refractivity contribution in [2.24, 2.45) is 5.92 Å². The van der Waals surface area contributed by atoms with E-state index >= 15 is 0 Å². The summed E-state index contributed by atoms with van der Waals surface area (Å²) in [6, 6.07) is 3.17. The molecule has 1 aliphatic rings. The van der Waals surface area contributed by atoms with Gasteiger partial charge >= 0.3 is 0 Å². The molecule has 0 aliphatic heterocycles. The molecule has 1 saturated carbocycles. The molecule has 38 heavy (non-hydrogen) atoms. The van der Waals surface area contributed by atoms with E-state index < -0.39 is 28.0 Å². The fraction of sp³-hybridized carbons (Fsp3) is 0.556. The van der Waals surface area contributed by atoms with Crippen LogP contribution in [0.1, 0.15) is 58.3 Å². The summed E-state index contributed by atoms with van der Waals surface area (Å²) in [5.41, 5.74) is 0. The average molecular weight is 565 g/mol. The molecule has 9 nitrogen and oxygen atoms in total. The van der Waals surface area contributed by atoms with Crippen LogP contribution in [0.2, 0.25) is 0 Å². The quantitative estimate of drug-likeness (QED) is 0.169. The Kier molecular flexibility index (Phi) is 14.3. The molecule has 0 radical (unpaired) electrons. The standard InChI is InChI=1S/C27H40N4O5S2/c1-3-31(38(35,36)26-16-8-9-17-28-26)18-10-14-23(21-32)29-27(34)24(20-22-12-6-5-7-13-22)30-25(33)15-11-19-37-4-2/h4,8-9,11,15-17,21-24H,2-3,5-7,10,12-14,18-20H2,1H3,(H,29,34)(H,30,33)/b15-11-/t23?,24-/m0/s1. The molecular formula is C27H40N4O5S2. The molecule has 2 N–H and O–H groups in total. The summed E-state index contributed by atoms with van der Waals surface area (Å²) < 4.78 is 27.0. The lowest BCUT2D eigenvalue weighted by atomic mass is 9.84. The van der Waals surface area contributed by atoms with E-state index in [4.69, 9.17) is 0 Å². The molecule has 0 aromatic carbocycles. The zero-order valence-electron chi connectivity index (χ0n) is 22.1. The van der Waals surface area contributed by atoms with Gasteiger partial charge in [-0.3, -0.25) is 9.59 Å². The van der Waals surface area contributed by atoms with Crippen LogP contribution in [0.15, 0.2) is 53.6 Å². The Hall–Kier alpha value is -2.50. The second-order valence-electron chi connectivity index (χ2n) is 9.26. The minimum absolute atomic E-state index is 0.0273. The van der Waals surface area contributed by atoms with Crippen LogP contribution in [0, 0.1) is 5.92 Å².